The lowest BCUT2D eigenvalue weighted by atomic mass is 10.2. The van der Waals surface area contributed by atoms with Crippen LogP contribution in [0.25, 0.3) is 0 Å². The quantitative estimate of drug-likeness (QED) is 0.942. The fraction of sp³-hybridized carbons (Fsp3) is 0.0714. The first kappa shape index (κ1) is 15.0. The van der Waals surface area contributed by atoms with Crippen molar-refractivity contribution in [3.8, 4) is 17.6 Å². The highest BCUT2D eigenvalue weighted by atomic mass is 32.2. The molecule has 0 fully saturated rings. The fourth-order valence-electron chi connectivity index (χ4n) is 1.83. The summed E-state index contributed by atoms with van der Waals surface area (Å²) in [6.45, 7) is 1.56. The maximum Gasteiger partial charge on any atom is 0.238 e. The van der Waals surface area contributed by atoms with E-state index < -0.39 is 15.8 Å². The van der Waals surface area contributed by atoms with Gasteiger partial charge in [-0.2, -0.15) is 5.26 Å². The van der Waals surface area contributed by atoms with Crippen molar-refractivity contribution in [3.05, 3.63) is 53.3 Å². The molecule has 2 aromatic carbocycles. The summed E-state index contributed by atoms with van der Waals surface area (Å²) in [4.78, 5) is -0.0189. The van der Waals surface area contributed by atoms with Crippen LogP contribution in [0.5, 0.6) is 11.5 Å². The van der Waals surface area contributed by atoms with E-state index in [1.54, 1.807) is 13.0 Å². The molecule has 0 heterocycles. The smallest absolute Gasteiger partial charge is 0.238 e. The van der Waals surface area contributed by atoms with Crippen molar-refractivity contribution in [3.63, 3.8) is 0 Å². The van der Waals surface area contributed by atoms with Gasteiger partial charge in [0.15, 0.2) is 0 Å². The Morgan fingerprint density at radius 2 is 2.00 bits per heavy atom. The number of hydrogen-bond donors (Lipinski definition) is 1. The summed E-state index contributed by atoms with van der Waals surface area (Å²) in [5, 5.41) is 14.0. The summed E-state index contributed by atoms with van der Waals surface area (Å²) in [5.74, 6) is -0.352. The van der Waals surface area contributed by atoms with Gasteiger partial charge in [-0.15, -0.1) is 0 Å². The number of nitriles is 1. The van der Waals surface area contributed by atoms with Gasteiger partial charge in [0.25, 0.3) is 0 Å². The number of halogens is 1. The topological polar surface area (TPSA) is 93.2 Å². The van der Waals surface area contributed by atoms with E-state index >= 15 is 0 Å². The van der Waals surface area contributed by atoms with E-state index in [-0.39, 0.29) is 22.0 Å². The molecule has 0 amide bonds. The van der Waals surface area contributed by atoms with Gasteiger partial charge in [-0.1, -0.05) is 6.07 Å². The Bertz CT molecular complexity index is 842. The fourth-order valence-corrected chi connectivity index (χ4v) is 2.59. The van der Waals surface area contributed by atoms with Crippen LogP contribution in [-0.4, -0.2) is 8.42 Å². The molecule has 0 atom stereocenters. The lowest BCUT2D eigenvalue weighted by molar-refractivity contribution is 0.473. The van der Waals surface area contributed by atoms with Crippen LogP contribution in [0, 0.1) is 24.1 Å². The molecule has 2 N–H and O–H groups in total. The van der Waals surface area contributed by atoms with E-state index in [0.29, 0.717) is 5.56 Å². The minimum atomic E-state index is -3.81. The van der Waals surface area contributed by atoms with Gasteiger partial charge >= 0.3 is 0 Å². The van der Waals surface area contributed by atoms with E-state index in [0.717, 1.165) is 6.07 Å². The molecule has 7 heteroatoms. The maximum absolute atomic E-state index is 13.5. The van der Waals surface area contributed by atoms with Crippen molar-refractivity contribution in [2.45, 2.75) is 11.8 Å². The summed E-state index contributed by atoms with van der Waals surface area (Å²) in [6, 6.07) is 9.87. The second-order valence-electron chi connectivity index (χ2n) is 4.30. The van der Waals surface area contributed by atoms with E-state index in [4.69, 9.17) is 15.1 Å². The molecular weight excluding hydrogens is 295 g/mol. The highest BCUT2D eigenvalue weighted by Gasteiger charge is 2.14. The van der Waals surface area contributed by atoms with Crippen LogP contribution in [0.1, 0.15) is 11.1 Å². The van der Waals surface area contributed by atoms with Crippen LogP contribution in [0.3, 0.4) is 0 Å². The highest BCUT2D eigenvalue weighted by Crippen LogP contribution is 2.28. The number of primary sulfonamides is 1. The molecule has 0 saturated carbocycles. The Balaban J connectivity index is 2.41. The third kappa shape index (κ3) is 3.18. The number of sulfonamides is 1. The number of hydrogen-bond acceptors (Lipinski definition) is 4. The predicted octanol–water partition coefficient (Wildman–Crippen LogP) is 2.45. The standard InChI is InChI=1S/C14H11FN2O3S/c1-9-7-10(5-6-14(9)21(17,18)19)20-13-4-2-3-12(15)11(13)8-16/h2-7H,1H3,(H2,17,18,19). The summed E-state index contributed by atoms with van der Waals surface area (Å²) < 4.78 is 41.5. The number of nitrogens with zero attached hydrogens (tertiary/aromatic N) is 1. The molecule has 5 nitrogen and oxygen atoms in total. The van der Waals surface area contributed by atoms with Gasteiger partial charge in [0.2, 0.25) is 10.0 Å². The molecule has 0 unspecified atom stereocenters. The lowest BCUT2D eigenvalue weighted by Crippen LogP contribution is -2.13. The summed E-state index contributed by atoms with van der Waals surface area (Å²) in [5.41, 5.74) is 0.176. The van der Waals surface area contributed by atoms with Crippen molar-refractivity contribution >= 4 is 10.0 Å². The van der Waals surface area contributed by atoms with Crippen molar-refractivity contribution < 1.29 is 17.5 Å². The minimum absolute atomic E-state index is 0.0189. The Morgan fingerprint density at radius 3 is 2.57 bits per heavy atom. The van der Waals surface area contributed by atoms with E-state index in [1.165, 1.54) is 30.3 Å². The Labute approximate surface area is 121 Å². The largest absolute Gasteiger partial charge is 0.456 e. The normalized spacial score (nSPS) is 11.0. The van der Waals surface area contributed by atoms with Gasteiger partial charge in [-0.3, -0.25) is 0 Å². The van der Waals surface area contributed by atoms with Crippen molar-refractivity contribution in [2.75, 3.05) is 0 Å². The molecule has 0 spiro atoms. The zero-order chi connectivity index (χ0) is 15.6. The monoisotopic (exact) mass is 306 g/mol. The maximum atomic E-state index is 13.5. The summed E-state index contributed by atoms with van der Waals surface area (Å²) in [6.07, 6.45) is 0. The predicted molar refractivity (Wildman–Crippen MR) is 73.7 cm³/mol. The zero-order valence-corrected chi connectivity index (χ0v) is 11.8. The van der Waals surface area contributed by atoms with Crippen LogP contribution < -0.4 is 9.88 Å². The third-order valence-electron chi connectivity index (χ3n) is 2.77. The van der Waals surface area contributed by atoms with Gasteiger partial charge in [0.05, 0.1) is 4.90 Å². The van der Waals surface area contributed by atoms with Crippen LogP contribution in [0.15, 0.2) is 41.3 Å². The van der Waals surface area contributed by atoms with Crippen molar-refractivity contribution in [2.24, 2.45) is 5.14 Å². The SMILES string of the molecule is Cc1cc(Oc2cccc(F)c2C#N)ccc1S(N)(=O)=O. The number of aryl methyl sites for hydroxylation is 1. The second kappa shape index (κ2) is 5.52. The Morgan fingerprint density at radius 1 is 1.29 bits per heavy atom. The van der Waals surface area contributed by atoms with E-state index in [9.17, 15) is 12.8 Å². The average molecular weight is 306 g/mol. The molecular formula is C14H11FN2O3S. The van der Waals surface area contributed by atoms with Crippen molar-refractivity contribution in [1.82, 2.24) is 0 Å². The lowest BCUT2D eigenvalue weighted by Gasteiger charge is -2.10. The van der Waals surface area contributed by atoms with E-state index in [2.05, 4.69) is 0 Å². The molecule has 0 radical (unpaired) electrons. The van der Waals surface area contributed by atoms with Gasteiger partial charge in [-0.05, 0) is 42.8 Å². The number of nitrogens with two attached hydrogens (primary N) is 1. The Kier molecular flexibility index (Phi) is 3.93. The highest BCUT2D eigenvalue weighted by molar-refractivity contribution is 7.89. The minimum Gasteiger partial charge on any atom is -0.456 e. The molecule has 21 heavy (non-hydrogen) atoms. The van der Waals surface area contributed by atoms with Crippen LogP contribution in [0.4, 0.5) is 4.39 Å². The van der Waals surface area contributed by atoms with Gasteiger partial charge in [0.1, 0.15) is 28.9 Å². The average Bonchev–Trinajstić information content (AvgIpc) is 2.37. The third-order valence-corrected chi connectivity index (χ3v) is 3.84. The molecule has 0 aliphatic heterocycles. The number of ether oxygens (including phenoxy) is 1. The number of rotatable bonds is 3. The molecule has 0 bridgehead atoms. The summed E-state index contributed by atoms with van der Waals surface area (Å²) >= 11 is 0. The van der Waals surface area contributed by atoms with E-state index in [1.807, 2.05) is 0 Å². The molecule has 0 aliphatic carbocycles. The van der Waals surface area contributed by atoms with Crippen LogP contribution in [-0.2, 0) is 10.0 Å². The summed E-state index contributed by atoms with van der Waals surface area (Å²) in [7, 11) is -3.81. The first-order valence-corrected chi connectivity index (χ1v) is 7.37. The zero-order valence-electron chi connectivity index (χ0n) is 11.0. The molecule has 108 valence electrons. The first-order valence-electron chi connectivity index (χ1n) is 5.83. The molecule has 0 saturated heterocycles. The van der Waals surface area contributed by atoms with Crippen LogP contribution in [0.2, 0.25) is 0 Å². The molecule has 2 aromatic rings. The van der Waals surface area contributed by atoms with Crippen LogP contribution >= 0.6 is 0 Å². The van der Waals surface area contributed by atoms with Gasteiger partial charge < -0.3 is 4.74 Å². The Hall–Kier alpha value is -2.43. The van der Waals surface area contributed by atoms with Crippen molar-refractivity contribution in [1.29, 1.82) is 5.26 Å². The first-order chi connectivity index (χ1) is 9.82. The molecule has 0 aromatic heterocycles. The van der Waals surface area contributed by atoms with Gasteiger partial charge in [0, 0.05) is 0 Å². The molecule has 2 rings (SSSR count). The molecule has 0 aliphatic rings. The number of benzene rings is 2. The second-order valence-corrected chi connectivity index (χ2v) is 5.83. The van der Waals surface area contributed by atoms with Gasteiger partial charge in [-0.25, -0.2) is 17.9 Å².